The van der Waals surface area contributed by atoms with E-state index in [1.807, 2.05) is 0 Å². The molecule has 2 aromatic heterocycles. The second-order valence-electron chi connectivity index (χ2n) is 6.76. The van der Waals surface area contributed by atoms with Crippen LogP contribution in [0.5, 0.6) is 0 Å². The quantitative estimate of drug-likeness (QED) is 0.616. The van der Waals surface area contributed by atoms with E-state index in [1.54, 1.807) is 6.07 Å². The number of benzene rings is 1. The lowest BCUT2D eigenvalue weighted by molar-refractivity contribution is 0.0257. The molecule has 10 heteroatoms. The van der Waals surface area contributed by atoms with Crippen LogP contribution in [0.1, 0.15) is 16.8 Å². The van der Waals surface area contributed by atoms with Gasteiger partial charge in [-0.2, -0.15) is 0 Å². The van der Waals surface area contributed by atoms with E-state index in [4.69, 9.17) is 11.6 Å². The number of rotatable bonds is 4. The second-order valence-corrected chi connectivity index (χ2v) is 7.10. The Balaban J connectivity index is 1.79. The van der Waals surface area contributed by atoms with E-state index in [0.717, 1.165) is 0 Å². The first kappa shape index (κ1) is 20.1. The van der Waals surface area contributed by atoms with Crippen molar-refractivity contribution in [2.24, 2.45) is 0 Å². The van der Waals surface area contributed by atoms with Gasteiger partial charge in [-0.3, -0.25) is 4.79 Å². The van der Waals surface area contributed by atoms with Crippen LogP contribution in [0.4, 0.5) is 24.7 Å². The molecule has 0 bridgehead atoms. The molecule has 1 aliphatic rings. The van der Waals surface area contributed by atoms with Crippen molar-refractivity contribution < 1.29 is 18.0 Å². The van der Waals surface area contributed by atoms with Crippen molar-refractivity contribution in [1.29, 1.82) is 0 Å². The van der Waals surface area contributed by atoms with Gasteiger partial charge < -0.3 is 10.2 Å². The molecule has 0 radical (unpaired) electrons. The number of hydrogen-bond donors (Lipinski definition) is 1. The van der Waals surface area contributed by atoms with E-state index >= 15 is 0 Å². The number of halogens is 4. The SMILES string of the molecule is O=C(Nc1c(-c2ccccc2F)ccnc1N1CCC(F)(F)C1)c1cnc(Cl)nc1. The highest BCUT2D eigenvalue weighted by Gasteiger charge is 2.40. The molecule has 3 heterocycles. The predicted molar refractivity (Wildman–Crippen MR) is 106 cm³/mol. The van der Waals surface area contributed by atoms with Gasteiger partial charge in [0.25, 0.3) is 11.8 Å². The maximum Gasteiger partial charge on any atom is 0.266 e. The summed E-state index contributed by atoms with van der Waals surface area (Å²) in [6.07, 6.45) is 3.52. The second kappa shape index (κ2) is 7.91. The molecule has 1 amide bonds. The van der Waals surface area contributed by atoms with E-state index < -0.39 is 24.2 Å². The molecule has 0 saturated carbocycles. The van der Waals surface area contributed by atoms with Crippen LogP contribution in [0.25, 0.3) is 11.1 Å². The van der Waals surface area contributed by atoms with Crippen LogP contribution in [0.3, 0.4) is 0 Å². The van der Waals surface area contributed by atoms with Gasteiger partial charge in [-0.05, 0) is 23.7 Å². The van der Waals surface area contributed by atoms with Crippen molar-refractivity contribution >= 4 is 29.0 Å². The lowest BCUT2D eigenvalue weighted by Crippen LogP contribution is -2.27. The first-order chi connectivity index (χ1) is 14.3. The number of nitrogens with zero attached hydrogens (tertiary/aromatic N) is 4. The lowest BCUT2D eigenvalue weighted by Gasteiger charge is -2.23. The maximum atomic E-state index is 14.5. The summed E-state index contributed by atoms with van der Waals surface area (Å²) in [5.41, 5.74) is 0.743. The third kappa shape index (κ3) is 4.06. The first-order valence-electron chi connectivity index (χ1n) is 9.00. The van der Waals surface area contributed by atoms with Gasteiger partial charge in [0, 0.05) is 42.7 Å². The minimum absolute atomic E-state index is 0.0278. The number of carbonyl (C=O) groups is 1. The summed E-state index contributed by atoms with van der Waals surface area (Å²) in [5, 5.41) is 2.64. The summed E-state index contributed by atoms with van der Waals surface area (Å²) in [6, 6.07) is 7.50. The molecule has 0 unspecified atom stereocenters. The molecule has 1 aliphatic heterocycles. The van der Waals surface area contributed by atoms with Gasteiger partial charge in [0.05, 0.1) is 17.8 Å². The highest BCUT2D eigenvalue weighted by atomic mass is 35.5. The Morgan fingerprint density at radius 3 is 2.50 bits per heavy atom. The number of nitrogens with one attached hydrogen (secondary N) is 1. The number of hydrogen-bond acceptors (Lipinski definition) is 5. The summed E-state index contributed by atoms with van der Waals surface area (Å²) >= 11 is 5.65. The highest BCUT2D eigenvalue weighted by molar-refractivity contribution is 6.28. The Bertz CT molecular complexity index is 1090. The van der Waals surface area contributed by atoms with Gasteiger partial charge in [0.2, 0.25) is 5.28 Å². The fourth-order valence-electron chi connectivity index (χ4n) is 3.25. The molecule has 1 saturated heterocycles. The van der Waals surface area contributed by atoms with Gasteiger partial charge in [-0.25, -0.2) is 28.1 Å². The van der Waals surface area contributed by atoms with E-state index in [9.17, 15) is 18.0 Å². The van der Waals surface area contributed by atoms with Crippen molar-refractivity contribution in [3.8, 4) is 11.1 Å². The molecule has 0 aliphatic carbocycles. The van der Waals surface area contributed by atoms with Crippen LogP contribution < -0.4 is 10.2 Å². The summed E-state index contributed by atoms with van der Waals surface area (Å²) < 4.78 is 42.1. The molecule has 30 heavy (non-hydrogen) atoms. The Morgan fingerprint density at radius 2 is 1.83 bits per heavy atom. The minimum atomic E-state index is -2.87. The lowest BCUT2D eigenvalue weighted by atomic mass is 10.0. The van der Waals surface area contributed by atoms with Crippen LogP contribution >= 0.6 is 11.6 Å². The standard InChI is InChI=1S/C20H15ClF3N5O/c21-19-26-9-12(10-27-19)18(30)28-16-14(13-3-1-2-4-15(13)22)5-7-25-17(16)29-8-6-20(23,24)11-29/h1-5,7,9-10H,6,8,11H2,(H,28,30). The number of alkyl halides is 2. The van der Waals surface area contributed by atoms with Gasteiger partial charge in [0.15, 0.2) is 5.82 Å². The minimum Gasteiger partial charge on any atom is -0.349 e. The Hall–Kier alpha value is -3.20. The molecular formula is C20H15ClF3N5O. The Kier molecular flexibility index (Phi) is 5.29. The predicted octanol–water partition coefficient (Wildman–Crippen LogP) is 4.43. The van der Waals surface area contributed by atoms with Crippen LogP contribution in [0.2, 0.25) is 5.28 Å². The maximum absolute atomic E-state index is 14.5. The van der Waals surface area contributed by atoms with Crippen molar-refractivity contribution in [2.45, 2.75) is 12.3 Å². The third-order valence-corrected chi connectivity index (χ3v) is 4.88. The van der Waals surface area contributed by atoms with E-state index in [1.165, 1.54) is 47.8 Å². The largest absolute Gasteiger partial charge is 0.349 e. The van der Waals surface area contributed by atoms with Crippen LogP contribution in [-0.2, 0) is 0 Å². The average Bonchev–Trinajstić information content (AvgIpc) is 3.09. The summed E-state index contributed by atoms with van der Waals surface area (Å²) in [5.74, 6) is -3.87. The number of aromatic nitrogens is 3. The van der Waals surface area contributed by atoms with Gasteiger partial charge in [-0.15, -0.1) is 0 Å². The molecule has 0 spiro atoms. The Labute approximate surface area is 174 Å². The monoisotopic (exact) mass is 433 g/mol. The molecule has 1 fully saturated rings. The van der Waals surface area contributed by atoms with Crippen LogP contribution in [0, 0.1) is 5.82 Å². The topological polar surface area (TPSA) is 71.0 Å². The molecule has 4 rings (SSSR count). The number of anilines is 2. The molecule has 154 valence electrons. The smallest absolute Gasteiger partial charge is 0.266 e. The van der Waals surface area contributed by atoms with Gasteiger partial charge in [0.1, 0.15) is 5.82 Å². The fourth-order valence-corrected chi connectivity index (χ4v) is 3.35. The zero-order valence-electron chi connectivity index (χ0n) is 15.4. The molecule has 6 nitrogen and oxygen atoms in total. The van der Waals surface area contributed by atoms with Crippen molar-refractivity contribution in [3.05, 3.63) is 65.6 Å². The molecule has 1 N–H and O–H groups in total. The van der Waals surface area contributed by atoms with Gasteiger partial charge in [-0.1, -0.05) is 18.2 Å². The molecule has 3 aromatic rings. The number of carbonyl (C=O) groups excluding carboxylic acids is 1. The highest BCUT2D eigenvalue weighted by Crippen LogP contribution is 2.39. The molecule has 1 aromatic carbocycles. The van der Waals surface area contributed by atoms with Crippen LogP contribution in [0.15, 0.2) is 48.9 Å². The van der Waals surface area contributed by atoms with E-state index in [-0.39, 0.29) is 40.9 Å². The van der Waals surface area contributed by atoms with Crippen LogP contribution in [-0.4, -0.2) is 39.9 Å². The van der Waals surface area contributed by atoms with Crippen molar-refractivity contribution in [3.63, 3.8) is 0 Å². The van der Waals surface area contributed by atoms with E-state index in [2.05, 4.69) is 20.3 Å². The Morgan fingerprint density at radius 1 is 1.10 bits per heavy atom. The molecule has 0 atom stereocenters. The summed E-state index contributed by atoms with van der Waals surface area (Å²) in [7, 11) is 0. The first-order valence-corrected chi connectivity index (χ1v) is 9.37. The summed E-state index contributed by atoms with van der Waals surface area (Å²) in [6.45, 7) is -0.499. The zero-order chi connectivity index (χ0) is 21.3. The normalized spacial score (nSPS) is 15.3. The number of pyridine rings is 1. The number of amides is 1. The third-order valence-electron chi connectivity index (χ3n) is 4.69. The summed E-state index contributed by atoms with van der Waals surface area (Å²) in [4.78, 5) is 25.9. The molecular weight excluding hydrogens is 419 g/mol. The van der Waals surface area contributed by atoms with Crippen molar-refractivity contribution in [2.75, 3.05) is 23.3 Å². The average molecular weight is 434 g/mol. The zero-order valence-corrected chi connectivity index (χ0v) is 16.2. The van der Waals surface area contributed by atoms with Gasteiger partial charge >= 0.3 is 0 Å². The fraction of sp³-hybridized carbons (Fsp3) is 0.200. The van der Waals surface area contributed by atoms with E-state index in [0.29, 0.717) is 5.56 Å². The van der Waals surface area contributed by atoms with Crippen molar-refractivity contribution in [1.82, 2.24) is 15.0 Å².